The molecule has 0 bridgehead atoms. The number of hydrogen-bond acceptors (Lipinski definition) is 4. The zero-order chi connectivity index (χ0) is 16.0. The lowest BCUT2D eigenvalue weighted by Crippen LogP contribution is -2.26. The van der Waals surface area contributed by atoms with Crippen LogP contribution in [0.1, 0.15) is 11.1 Å². The highest BCUT2D eigenvalue weighted by Crippen LogP contribution is 2.12. The summed E-state index contributed by atoms with van der Waals surface area (Å²) in [6.45, 7) is 0.253. The first kappa shape index (κ1) is 16.1. The van der Waals surface area contributed by atoms with E-state index in [-0.39, 0.29) is 18.0 Å². The Bertz CT molecular complexity index is 728. The van der Waals surface area contributed by atoms with E-state index in [1.807, 2.05) is 30.3 Å². The number of aryl methyl sites for hydroxylation is 1. The molecule has 22 heavy (non-hydrogen) atoms. The predicted molar refractivity (Wildman–Crippen MR) is 83.9 cm³/mol. The lowest BCUT2D eigenvalue weighted by atomic mass is 10.1. The van der Waals surface area contributed by atoms with Crippen LogP contribution in [0.15, 0.2) is 54.6 Å². The summed E-state index contributed by atoms with van der Waals surface area (Å²) < 4.78 is 26.4. The number of non-ortho nitro benzene ring substituents is 1. The molecule has 0 atom stereocenters. The van der Waals surface area contributed by atoms with Crippen molar-refractivity contribution < 1.29 is 13.3 Å². The van der Waals surface area contributed by atoms with Crippen molar-refractivity contribution in [3.05, 3.63) is 75.8 Å². The molecule has 2 rings (SSSR count). The van der Waals surface area contributed by atoms with Crippen LogP contribution >= 0.6 is 0 Å². The molecule has 0 unspecified atom stereocenters. The second kappa shape index (κ2) is 7.15. The third kappa shape index (κ3) is 4.94. The van der Waals surface area contributed by atoms with Gasteiger partial charge < -0.3 is 0 Å². The molecule has 0 aliphatic rings. The van der Waals surface area contributed by atoms with E-state index in [4.69, 9.17) is 0 Å². The summed E-state index contributed by atoms with van der Waals surface area (Å²) in [5.41, 5.74) is 1.63. The minimum atomic E-state index is -3.39. The van der Waals surface area contributed by atoms with Gasteiger partial charge in [-0.3, -0.25) is 10.1 Å². The maximum atomic E-state index is 11.9. The SMILES string of the molecule is O=[N+]([O-])c1ccc(CCS(=O)(=O)NCc2ccccc2)cc1. The molecular formula is C15H16N2O4S. The Labute approximate surface area is 129 Å². The van der Waals surface area contributed by atoms with Gasteiger partial charge in [-0.15, -0.1) is 0 Å². The molecule has 0 radical (unpaired) electrons. The lowest BCUT2D eigenvalue weighted by molar-refractivity contribution is -0.384. The predicted octanol–water partition coefficient (Wildman–Crippen LogP) is 2.26. The van der Waals surface area contributed by atoms with Crippen LogP contribution < -0.4 is 4.72 Å². The fourth-order valence-electron chi connectivity index (χ4n) is 1.90. The van der Waals surface area contributed by atoms with E-state index in [2.05, 4.69) is 4.72 Å². The first-order valence-corrected chi connectivity index (χ1v) is 8.36. The Morgan fingerprint density at radius 2 is 1.59 bits per heavy atom. The van der Waals surface area contributed by atoms with Crippen LogP contribution in [0.4, 0.5) is 5.69 Å². The summed E-state index contributed by atoms with van der Waals surface area (Å²) in [7, 11) is -3.39. The number of nitro benzene ring substituents is 1. The van der Waals surface area contributed by atoms with E-state index in [1.165, 1.54) is 12.1 Å². The first-order chi connectivity index (χ1) is 10.5. The highest BCUT2D eigenvalue weighted by atomic mass is 32.2. The molecule has 0 amide bonds. The van der Waals surface area contributed by atoms with Crippen LogP contribution in [0.2, 0.25) is 0 Å². The quantitative estimate of drug-likeness (QED) is 0.626. The van der Waals surface area contributed by atoms with Gasteiger partial charge in [0.1, 0.15) is 0 Å². The molecule has 0 aliphatic heterocycles. The number of nitrogens with one attached hydrogen (secondary N) is 1. The largest absolute Gasteiger partial charge is 0.269 e. The molecule has 0 aliphatic carbocycles. The van der Waals surface area contributed by atoms with E-state index in [9.17, 15) is 18.5 Å². The maximum Gasteiger partial charge on any atom is 0.269 e. The standard InChI is InChI=1S/C15H16N2O4S/c18-17(19)15-8-6-13(7-9-15)10-11-22(20,21)16-12-14-4-2-1-3-5-14/h1-9,16H,10-12H2. The average molecular weight is 320 g/mol. The van der Waals surface area contributed by atoms with E-state index in [0.29, 0.717) is 6.42 Å². The van der Waals surface area contributed by atoms with Crippen molar-refractivity contribution in [2.75, 3.05) is 5.75 Å². The monoisotopic (exact) mass is 320 g/mol. The maximum absolute atomic E-state index is 11.9. The normalized spacial score (nSPS) is 11.3. The van der Waals surface area contributed by atoms with Crippen molar-refractivity contribution >= 4 is 15.7 Å². The molecule has 0 saturated carbocycles. The molecule has 0 fully saturated rings. The van der Waals surface area contributed by atoms with Crippen molar-refractivity contribution in [3.8, 4) is 0 Å². The van der Waals surface area contributed by atoms with Crippen LogP contribution in [-0.4, -0.2) is 19.1 Å². The van der Waals surface area contributed by atoms with Gasteiger partial charge in [-0.2, -0.15) is 0 Å². The van der Waals surface area contributed by atoms with Crippen molar-refractivity contribution in [2.24, 2.45) is 0 Å². The number of rotatable bonds is 7. The smallest absolute Gasteiger partial charge is 0.258 e. The molecule has 1 N–H and O–H groups in total. The molecule has 7 heteroatoms. The van der Waals surface area contributed by atoms with Gasteiger partial charge >= 0.3 is 0 Å². The minimum Gasteiger partial charge on any atom is -0.258 e. The van der Waals surface area contributed by atoms with Gasteiger partial charge in [-0.1, -0.05) is 42.5 Å². The van der Waals surface area contributed by atoms with Gasteiger partial charge in [0.15, 0.2) is 0 Å². The van der Waals surface area contributed by atoms with Crippen LogP contribution in [0.3, 0.4) is 0 Å². The summed E-state index contributed by atoms with van der Waals surface area (Å²) in [6.07, 6.45) is 0.308. The molecule has 2 aromatic carbocycles. The Morgan fingerprint density at radius 3 is 2.18 bits per heavy atom. The summed E-state index contributed by atoms with van der Waals surface area (Å²) in [5.74, 6) is -0.0579. The second-order valence-corrected chi connectivity index (χ2v) is 6.73. The molecule has 0 saturated heterocycles. The molecule has 0 spiro atoms. The molecule has 116 valence electrons. The molecule has 2 aromatic rings. The summed E-state index contributed by atoms with van der Waals surface area (Å²) in [5, 5.41) is 10.5. The average Bonchev–Trinajstić information content (AvgIpc) is 2.53. The fourth-order valence-corrected chi connectivity index (χ4v) is 2.93. The second-order valence-electron chi connectivity index (χ2n) is 4.80. The molecule has 0 heterocycles. The Balaban J connectivity index is 1.88. The van der Waals surface area contributed by atoms with Gasteiger partial charge in [-0.25, -0.2) is 13.1 Å². The van der Waals surface area contributed by atoms with Crippen molar-refractivity contribution in [1.82, 2.24) is 4.72 Å². The Morgan fingerprint density at radius 1 is 0.955 bits per heavy atom. The minimum absolute atomic E-state index is 0.00573. The summed E-state index contributed by atoms with van der Waals surface area (Å²) >= 11 is 0. The van der Waals surface area contributed by atoms with Crippen molar-refractivity contribution in [3.63, 3.8) is 0 Å². The summed E-state index contributed by atoms with van der Waals surface area (Å²) in [6, 6.07) is 15.2. The lowest BCUT2D eigenvalue weighted by Gasteiger charge is -2.07. The van der Waals surface area contributed by atoms with E-state index in [0.717, 1.165) is 11.1 Å². The van der Waals surface area contributed by atoms with Crippen LogP contribution in [0.25, 0.3) is 0 Å². The highest BCUT2D eigenvalue weighted by Gasteiger charge is 2.11. The number of sulfonamides is 1. The number of nitrogens with zero attached hydrogens (tertiary/aromatic N) is 1. The van der Waals surface area contributed by atoms with Gasteiger partial charge in [0.05, 0.1) is 10.7 Å². The zero-order valence-corrected chi connectivity index (χ0v) is 12.6. The van der Waals surface area contributed by atoms with Gasteiger partial charge in [-0.05, 0) is 17.5 Å². The zero-order valence-electron chi connectivity index (χ0n) is 11.8. The van der Waals surface area contributed by atoms with Crippen molar-refractivity contribution in [2.45, 2.75) is 13.0 Å². The molecule has 6 nitrogen and oxygen atoms in total. The van der Waals surface area contributed by atoms with Gasteiger partial charge in [0, 0.05) is 18.7 Å². The summed E-state index contributed by atoms with van der Waals surface area (Å²) in [4.78, 5) is 10.1. The van der Waals surface area contributed by atoms with Crippen molar-refractivity contribution in [1.29, 1.82) is 0 Å². The van der Waals surface area contributed by atoms with Gasteiger partial charge in [0.2, 0.25) is 10.0 Å². The van der Waals surface area contributed by atoms with Crippen LogP contribution in [-0.2, 0) is 23.0 Å². The van der Waals surface area contributed by atoms with Crippen LogP contribution in [0.5, 0.6) is 0 Å². The number of nitro groups is 1. The van der Waals surface area contributed by atoms with E-state index < -0.39 is 14.9 Å². The Kier molecular flexibility index (Phi) is 5.24. The molecular weight excluding hydrogens is 304 g/mol. The first-order valence-electron chi connectivity index (χ1n) is 6.71. The fraction of sp³-hybridized carbons (Fsp3) is 0.200. The van der Waals surface area contributed by atoms with E-state index in [1.54, 1.807) is 12.1 Å². The topological polar surface area (TPSA) is 89.3 Å². The number of hydrogen-bond donors (Lipinski definition) is 1. The Hall–Kier alpha value is -2.25. The van der Waals surface area contributed by atoms with Gasteiger partial charge in [0.25, 0.3) is 5.69 Å². The third-order valence-electron chi connectivity index (χ3n) is 3.15. The highest BCUT2D eigenvalue weighted by molar-refractivity contribution is 7.89. The van der Waals surface area contributed by atoms with Crippen LogP contribution in [0, 0.1) is 10.1 Å². The molecule has 0 aromatic heterocycles. The third-order valence-corrected chi connectivity index (χ3v) is 4.47. The van der Waals surface area contributed by atoms with E-state index >= 15 is 0 Å². The number of benzene rings is 2.